The second-order valence-corrected chi connectivity index (χ2v) is 7.45. The van der Waals surface area contributed by atoms with E-state index in [9.17, 15) is 13.2 Å². The van der Waals surface area contributed by atoms with Gasteiger partial charge in [0.05, 0.1) is 10.6 Å². The minimum absolute atomic E-state index is 0.0409. The van der Waals surface area contributed by atoms with Gasteiger partial charge in [-0.2, -0.15) is 4.31 Å². The average molecular weight is 309 g/mol. The van der Waals surface area contributed by atoms with Gasteiger partial charge in [-0.05, 0) is 31.9 Å². The number of nitrogens with zero attached hydrogens (tertiary/aromatic N) is 1. The van der Waals surface area contributed by atoms with Crippen molar-refractivity contribution in [3.63, 3.8) is 0 Å². The molecule has 0 bridgehead atoms. The van der Waals surface area contributed by atoms with Crippen LogP contribution in [0, 0.1) is 12.8 Å². The van der Waals surface area contributed by atoms with Crippen LogP contribution in [0.3, 0.4) is 0 Å². The normalized spacial score (nSPS) is 22.8. The van der Waals surface area contributed by atoms with Crippen LogP contribution in [0.4, 0.5) is 4.79 Å². The number of benzene rings is 1. The number of hydrogen-bond acceptors (Lipinski definition) is 4. The van der Waals surface area contributed by atoms with Gasteiger partial charge < -0.3 is 4.74 Å². The summed E-state index contributed by atoms with van der Waals surface area (Å²) in [7, 11) is -4.00. The van der Waals surface area contributed by atoms with E-state index in [-0.39, 0.29) is 16.5 Å². The minimum Gasteiger partial charge on any atom is -0.435 e. The molecule has 0 spiro atoms. The Labute approximate surface area is 125 Å². The SMILES string of the molecule is C=C1N(S(=O)(=O)c2ccc(C)cc2)C(=O)OC1(C)C(C)C. The summed E-state index contributed by atoms with van der Waals surface area (Å²) in [5.41, 5.74) is 0.0568. The van der Waals surface area contributed by atoms with E-state index in [0.29, 0.717) is 4.31 Å². The van der Waals surface area contributed by atoms with Crippen LogP contribution in [0.1, 0.15) is 26.3 Å². The highest BCUT2D eigenvalue weighted by atomic mass is 32.2. The van der Waals surface area contributed by atoms with Gasteiger partial charge in [-0.3, -0.25) is 0 Å². The Morgan fingerprint density at radius 1 is 1.24 bits per heavy atom. The molecule has 1 heterocycles. The van der Waals surface area contributed by atoms with Gasteiger partial charge in [-0.25, -0.2) is 13.2 Å². The molecular formula is C15H19NO4S. The molecule has 0 N–H and O–H groups in total. The number of sulfonamides is 1. The second kappa shape index (κ2) is 4.87. The van der Waals surface area contributed by atoms with Crippen molar-refractivity contribution in [1.29, 1.82) is 0 Å². The zero-order chi connectivity index (χ0) is 16.0. The monoisotopic (exact) mass is 309 g/mol. The van der Waals surface area contributed by atoms with Crippen molar-refractivity contribution >= 4 is 16.1 Å². The Hall–Kier alpha value is -1.82. The molecule has 1 aliphatic rings. The summed E-state index contributed by atoms with van der Waals surface area (Å²) < 4.78 is 31.2. The van der Waals surface area contributed by atoms with Gasteiger partial charge >= 0.3 is 6.09 Å². The van der Waals surface area contributed by atoms with E-state index in [1.54, 1.807) is 19.1 Å². The third-order valence-corrected chi connectivity index (χ3v) is 5.66. The van der Waals surface area contributed by atoms with E-state index in [4.69, 9.17) is 4.74 Å². The number of ether oxygens (including phenoxy) is 1. The molecule has 5 nitrogen and oxygen atoms in total. The van der Waals surface area contributed by atoms with Crippen molar-refractivity contribution in [3.05, 3.63) is 42.1 Å². The Kier molecular flexibility index (Phi) is 3.61. The van der Waals surface area contributed by atoms with E-state index in [2.05, 4.69) is 6.58 Å². The van der Waals surface area contributed by atoms with E-state index in [1.807, 2.05) is 20.8 Å². The van der Waals surface area contributed by atoms with Crippen molar-refractivity contribution in [3.8, 4) is 0 Å². The molecule has 0 radical (unpaired) electrons. The molecule has 1 aliphatic heterocycles. The fraction of sp³-hybridized carbons (Fsp3) is 0.400. The Bertz CT molecular complexity index is 691. The molecule has 1 unspecified atom stereocenters. The highest BCUT2D eigenvalue weighted by Crippen LogP contribution is 2.40. The van der Waals surface area contributed by atoms with Crippen molar-refractivity contribution in [2.45, 2.75) is 38.2 Å². The van der Waals surface area contributed by atoms with Crippen molar-refractivity contribution in [1.82, 2.24) is 4.31 Å². The fourth-order valence-corrected chi connectivity index (χ4v) is 3.50. The van der Waals surface area contributed by atoms with Crippen molar-refractivity contribution < 1.29 is 17.9 Å². The van der Waals surface area contributed by atoms with Crippen molar-refractivity contribution in [2.24, 2.45) is 5.92 Å². The highest BCUT2D eigenvalue weighted by Gasteiger charge is 2.52. The molecule has 1 aromatic rings. The van der Waals surface area contributed by atoms with Crippen molar-refractivity contribution in [2.75, 3.05) is 0 Å². The maximum absolute atomic E-state index is 12.6. The molecule has 1 saturated heterocycles. The van der Waals surface area contributed by atoms with Crippen LogP contribution in [-0.2, 0) is 14.8 Å². The molecule has 114 valence electrons. The lowest BCUT2D eigenvalue weighted by Crippen LogP contribution is -2.35. The van der Waals surface area contributed by atoms with E-state index >= 15 is 0 Å². The third kappa shape index (κ3) is 2.33. The maximum atomic E-state index is 12.6. The second-order valence-electron chi connectivity index (χ2n) is 5.66. The maximum Gasteiger partial charge on any atom is 0.429 e. The summed E-state index contributed by atoms with van der Waals surface area (Å²) in [5.74, 6) is -0.0906. The number of amides is 1. The first-order valence-electron chi connectivity index (χ1n) is 6.65. The lowest BCUT2D eigenvalue weighted by molar-refractivity contribution is 0.0490. The van der Waals surface area contributed by atoms with E-state index < -0.39 is 21.7 Å². The smallest absolute Gasteiger partial charge is 0.429 e. The van der Waals surface area contributed by atoms with Gasteiger partial charge in [0.1, 0.15) is 0 Å². The highest BCUT2D eigenvalue weighted by molar-refractivity contribution is 7.89. The zero-order valence-electron chi connectivity index (χ0n) is 12.6. The standard InChI is InChI=1S/C15H19NO4S/c1-10(2)15(5)12(4)16(14(17)20-15)21(18,19)13-8-6-11(3)7-9-13/h6-10H,4H2,1-3,5H3. The van der Waals surface area contributed by atoms with Gasteiger partial charge in [-0.15, -0.1) is 0 Å². The van der Waals surface area contributed by atoms with Crippen LogP contribution < -0.4 is 0 Å². The van der Waals surface area contributed by atoms with Gasteiger partial charge in [0, 0.05) is 0 Å². The summed E-state index contributed by atoms with van der Waals surface area (Å²) in [6.45, 7) is 11.0. The molecule has 0 saturated carbocycles. The lowest BCUT2D eigenvalue weighted by atomic mass is 9.90. The minimum atomic E-state index is -4.00. The number of rotatable bonds is 3. The van der Waals surface area contributed by atoms with Gasteiger partial charge in [0.15, 0.2) is 5.60 Å². The predicted octanol–water partition coefficient (Wildman–Crippen LogP) is 3.06. The summed E-state index contributed by atoms with van der Waals surface area (Å²) in [5, 5.41) is 0. The largest absolute Gasteiger partial charge is 0.435 e. The number of carbonyl (C=O) groups excluding carboxylic acids is 1. The zero-order valence-corrected chi connectivity index (χ0v) is 13.4. The van der Waals surface area contributed by atoms with Crippen LogP contribution in [0.25, 0.3) is 0 Å². The molecule has 1 aromatic carbocycles. The molecule has 1 amide bonds. The molecule has 1 fully saturated rings. The molecular weight excluding hydrogens is 290 g/mol. The van der Waals surface area contributed by atoms with Gasteiger partial charge in [0.25, 0.3) is 10.0 Å². The first-order valence-corrected chi connectivity index (χ1v) is 8.09. The first-order chi connectivity index (χ1) is 9.60. The van der Waals surface area contributed by atoms with Crippen LogP contribution in [0.2, 0.25) is 0 Å². The number of cyclic esters (lactones) is 1. The molecule has 1 atom stereocenters. The lowest BCUT2D eigenvalue weighted by Gasteiger charge is -2.27. The van der Waals surface area contributed by atoms with E-state index in [0.717, 1.165) is 5.56 Å². The molecule has 0 aliphatic carbocycles. The molecule has 2 rings (SSSR count). The third-order valence-electron chi connectivity index (χ3n) is 3.94. The van der Waals surface area contributed by atoms with Crippen LogP contribution in [-0.4, -0.2) is 24.4 Å². The Balaban J connectivity index is 2.48. The average Bonchev–Trinajstić information content (AvgIpc) is 2.62. The van der Waals surface area contributed by atoms with Crippen LogP contribution in [0.15, 0.2) is 41.4 Å². The van der Waals surface area contributed by atoms with E-state index in [1.165, 1.54) is 12.1 Å². The molecule has 6 heteroatoms. The summed E-state index contributed by atoms with van der Waals surface area (Å²) >= 11 is 0. The first kappa shape index (κ1) is 15.6. The topological polar surface area (TPSA) is 63.7 Å². The predicted molar refractivity (Wildman–Crippen MR) is 79.1 cm³/mol. The molecule has 0 aromatic heterocycles. The summed E-state index contributed by atoms with van der Waals surface area (Å²) in [6, 6.07) is 6.30. The summed E-state index contributed by atoms with van der Waals surface area (Å²) in [4.78, 5) is 12.1. The fourth-order valence-electron chi connectivity index (χ4n) is 2.10. The summed E-state index contributed by atoms with van der Waals surface area (Å²) in [6.07, 6.45) is -0.906. The van der Waals surface area contributed by atoms with Gasteiger partial charge in [-0.1, -0.05) is 38.1 Å². The Morgan fingerprint density at radius 2 is 1.76 bits per heavy atom. The number of carbonyl (C=O) groups is 1. The quantitative estimate of drug-likeness (QED) is 0.861. The Morgan fingerprint density at radius 3 is 2.19 bits per heavy atom. The number of hydrogen-bond donors (Lipinski definition) is 0. The van der Waals surface area contributed by atoms with Crippen LogP contribution in [0.5, 0.6) is 0 Å². The van der Waals surface area contributed by atoms with Crippen LogP contribution >= 0.6 is 0 Å². The number of aryl methyl sites for hydroxylation is 1. The molecule has 21 heavy (non-hydrogen) atoms. The van der Waals surface area contributed by atoms with Gasteiger partial charge in [0.2, 0.25) is 0 Å².